The van der Waals surface area contributed by atoms with Crippen LogP contribution >= 0.6 is 0 Å². The standard InChI is InChI=1S/C25H32/c1-15(2)13-22-19(7)23(14-16(3)4)21(9)25(20(22)8)24-17(5)11-10-12-18(24)6/h10-12,14H,1,13H2,2-9H3. The van der Waals surface area contributed by atoms with Gasteiger partial charge in [0.25, 0.3) is 0 Å². The van der Waals surface area contributed by atoms with Crippen LogP contribution in [-0.4, -0.2) is 0 Å². The Hall–Kier alpha value is -2.08. The predicted molar refractivity (Wildman–Crippen MR) is 113 cm³/mol. The zero-order valence-corrected chi connectivity index (χ0v) is 17.2. The van der Waals surface area contributed by atoms with Gasteiger partial charge < -0.3 is 0 Å². The van der Waals surface area contributed by atoms with Gasteiger partial charge >= 0.3 is 0 Å². The molecule has 0 bridgehead atoms. The van der Waals surface area contributed by atoms with Crippen LogP contribution < -0.4 is 0 Å². The first-order chi connectivity index (χ1) is 11.6. The lowest BCUT2D eigenvalue weighted by atomic mass is 9.81. The number of hydrogen-bond donors (Lipinski definition) is 0. The molecule has 0 aromatic heterocycles. The Morgan fingerprint density at radius 3 is 1.88 bits per heavy atom. The van der Waals surface area contributed by atoms with Crippen LogP contribution in [0, 0.1) is 34.6 Å². The van der Waals surface area contributed by atoms with Gasteiger partial charge in [0.1, 0.15) is 0 Å². The molecule has 2 aromatic carbocycles. The van der Waals surface area contributed by atoms with E-state index >= 15 is 0 Å². The first-order valence-electron chi connectivity index (χ1n) is 9.13. The first-order valence-corrected chi connectivity index (χ1v) is 9.13. The summed E-state index contributed by atoms with van der Waals surface area (Å²) in [6, 6.07) is 6.60. The lowest BCUT2D eigenvalue weighted by molar-refractivity contribution is 1.08. The number of hydrogen-bond acceptors (Lipinski definition) is 0. The highest BCUT2D eigenvalue weighted by molar-refractivity contribution is 5.82. The summed E-state index contributed by atoms with van der Waals surface area (Å²) >= 11 is 0. The van der Waals surface area contributed by atoms with E-state index in [1.54, 1.807) is 0 Å². The summed E-state index contributed by atoms with van der Waals surface area (Å²) in [6.07, 6.45) is 3.28. The van der Waals surface area contributed by atoms with Crippen molar-refractivity contribution in [1.29, 1.82) is 0 Å². The van der Waals surface area contributed by atoms with Gasteiger partial charge in [0, 0.05) is 0 Å². The van der Waals surface area contributed by atoms with Crippen LogP contribution in [0.3, 0.4) is 0 Å². The summed E-state index contributed by atoms with van der Waals surface area (Å²) in [5, 5.41) is 0. The minimum Gasteiger partial charge on any atom is -0.0998 e. The van der Waals surface area contributed by atoms with Crippen molar-refractivity contribution >= 4 is 6.08 Å². The summed E-state index contributed by atoms with van der Waals surface area (Å²) < 4.78 is 0. The minimum atomic E-state index is 0.944. The molecule has 0 saturated carbocycles. The van der Waals surface area contributed by atoms with Gasteiger partial charge in [0.15, 0.2) is 0 Å². The average Bonchev–Trinajstić information content (AvgIpc) is 2.50. The number of benzene rings is 2. The Morgan fingerprint density at radius 1 is 0.840 bits per heavy atom. The fourth-order valence-electron chi connectivity index (χ4n) is 3.95. The van der Waals surface area contributed by atoms with Gasteiger partial charge in [-0.25, -0.2) is 0 Å². The molecule has 0 aliphatic heterocycles. The van der Waals surface area contributed by atoms with E-state index in [2.05, 4.69) is 86.2 Å². The molecule has 0 atom stereocenters. The summed E-state index contributed by atoms with van der Waals surface area (Å²) in [5.41, 5.74) is 15.0. The monoisotopic (exact) mass is 332 g/mol. The van der Waals surface area contributed by atoms with Crippen LogP contribution in [0.25, 0.3) is 17.2 Å². The molecule has 25 heavy (non-hydrogen) atoms. The van der Waals surface area contributed by atoms with Gasteiger partial charge in [-0.05, 0) is 112 Å². The van der Waals surface area contributed by atoms with Crippen LogP contribution in [0.15, 0.2) is 35.9 Å². The van der Waals surface area contributed by atoms with E-state index in [1.165, 1.54) is 61.2 Å². The molecule has 0 fully saturated rings. The zero-order chi connectivity index (χ0) is 18.9. The third kappa shape index (κ3) is 3.79. The minimum absolute atomic E-state index is 0.944. The van der Waals surface area contributed by atoms with E-state index in [9.17, 15) is 0 Å². The quantitative estimate of drug-likeness (QED) is 0.510. The largest absolute Gasteiger partial charge is 0.0998 e. The van der Waals surface area contributed by atoms with Crippen LogP contribution in [0.1, 0.15) is 59.7 Å². The highest BCUT2D eigenvalue weighted by Crippen LogP contribution is 2.39. The second kappa shape index (κ2) is 7.44. The van der Waals surface area contributed by atoms with Crippen molar-refractivity contribution in [3.05, 3.63) is 74.9 Å². The maximum atomic E-state index is 4.17. The van der Waals surface area contributed by atoms with Gasteiger partial charge in [0.05, 0.1) is 0 Å². The molecule has 0 radical (unpaired) electrons. The molecule has 0 spiro atoms. The smallest absolute Gasteiger partial charge is 0.00669 e. The van der Waals surface area contributed by atoms with Gasteiger partial charge in [-0.1, -0.05) is 42.0 Å². The van der Waals surface area contributed by atoms with E-state index in [1.807, 2.05) is 0 Å². The lowest BCUT2D eigenvalue weighted by Gasteiger charge is -2.24. The maximum absolute atomic E-state index is 4.17. The third-order valence-electron chi connectivity index (χ3n) is 5.11. The Labute approximate surface area is 154 Å². The number of rotatable bonds is 4. The van der Waals surface area contributed by atoms with Crippen molar-refractivity contribution in [2.45, 2.75) is 61.8 Å². The number of aryl methyl sites for hydroxylation is 2. The fraction of sp³-hybridized carbons (Fsp3) is 0.360. The molecule has 0 unspecified atom stereocenters. The molecule has 0 heterocycles. The fourth-order valence-corrected chi connectivity index (χ4v) is 3.95. The molecule has 0 heteroatoms. The molecule has 132 valence electrons. The molecule has 0 aliphatic rings. The Morgan fingerprint density at radius 2 is 1.40 bits per heavy atom. The second-order valence-corrected chi connectivity index (χ2v) is 7.76. The highest BCUT2D eigenvalue weighted by Gasteiger charge is 2.19. The normalized spacial score (nSPS) is 10.7. The van der Waals surface area contributed by atoms with Crippen molar-refractivity contribution < 1.29 is 0 Å². The second-order valence-electron chi connectivity index (χ2n) is 7.76. The lowest BCUT2D eigenvalue weighted by Crippen LogP contribution is -2.05. The molecule has 0 aliphatic carbocycles. The van der Waals surface area contributed by atoms with E-state index < -0.39 is 0 Å². The SMILES string of the molecule is C=C(C)Cc1c(C)c(C=C(C)C)c(C)c(-c2c(C)cccc2C)c1C. The summed E-state index contributed by atoms with van der Waals surface area (Å²) in [6.45, 7) is 21.9. The van der Waals surface area contributed by atoms with Gasteiger partial charge in [0.2, 0.25) is 0 Å². The van der Waals surface area contributed by atoms with E-state index in [0.717, 1.165) is 6.42 Å². The summed E-state index contributed by atoms with van der Waals surface area (Å²) in [4.78, 5) is 0. The van der Waals surface area contributed by atoms with Crippen LogP contribution in [0.2, 0.25) is 0 Å². The van der Waals surface area contributed by atoms with Crippen molar-refractivity contribution in [2.24, 2.45) is 0 Å². The highest BCUT2D eigenvalue weighted by atomic mass is 14.2. The van der Waals surface area contributed by atoms with Gasteiger partial charge in [-0.3, -0.25) is 0 Å². The van der Waals surface area contributed by atoms with Crippen molar-refractivity contribution in [1.82, 2.24) is 0 Å². The van der Waals surface area contributed by atoms with Crippen LogP contribution in [0.5, 0.6) is 0 Å². The Bertz CT molecular complexity index is 836. The van der Waals surface area contributed by atoms with E-state index in [0.29, 0.717) is 0 Å². The molecule has 2 aromatic rings. The molecule has 0 amide bonds. The summed E-state index contributed by atoms with van der Waals surface area (Å²) in [7, 11) is 0. The molecular formula is C25H32. The van der Waals surface area contributed by atoms with Crippen molar-refractivity contribution in [3.63, 3.8) is 0 Å². The Balaban J connectivity index is 2.97. The van der Waals surface area contributed by atoms with Gasteiger partial charge in [-0.15, -0.1) is 0 Å². The maximum Gasteiger partial charge on any atom is -0.00669 e. The van der Waals surface area contributed by atoms with E-state index in [4.69, 9.17) is 0 Å². The molecular weight excluding hydrogens is 300 g/mol. The van der Waals surface area contributed by atoms with Gasteiger partial charge in [-0.2, -0.15) is 0 Å². The predicted octanol–water partition coefficient (Wildman–Crippen LogP) is 7.44. The topological polar surface area (TPSA) is 0 Å². The molecule has 0 nitrogen and oxygen atoms in total. The van der Waals surface area contributed by atoms with Crippen molar-refractivity contribution in [3.8, 4) is 11.1 Å². The van der Waals surface area contributed by atoms with Crippen molar-refractivity contribution in [2.75, 3.05) is 0 Å². The Kier molecular flexibility index (Phi) is 5.72. The molecule has 0 saturated heterocycles. The summed E-state index contributed by atoms with van der Waals surface area (Å²) in [5.74, 6) is 0. The van der Waals surface area contributed by atoms with Crippen LogP contribution in [-0.2, 0) is 6.42 Å². The zero-order valence-electron chi connectivity index (χ0n) is 17.2. The number of allylic oxidation sites excluding steroid dienone is 2. The first kappa shape index (κ1) is 19.2. The van der Waals surface area contributed by atoms with E-state index in [-0.39, 0.29) is 0 Å². The molecule has 0 N–H and O–H groups in total. The third-order valence-corrected chi connectivity index (χ3v) is 5.11. The molecule has 2 rings (SSSR count). The van der Waals surface area contributed by atoms with Crippen LogP contribution in [0.4, 0.5) is 0 Å². The average molecular weight is 333 g/mol.